The van der Waals surface area contributed by atoms with Crippen LogP contribution in [0.25, 0.3) is 11.5 Å². The molecule has 0 bridgehead atoms. The summed E-state index contributed by atoms with van der Waals surface area (Å²) in [5.41, 5.74) is 0.425. The van der Waals surface area contributed by atoms with Crippen LogP contribution in [0.5, 0.6) is 0 Å². The first-order chi connectivity index (χ1) is 9.25. The van der Waals surface area contributed by atoms with Crippen LogP contribution in [0.2, 0.25) is 5.02 Å². The number of benzene rings is 1. The molecular formula is C12H8ClN5O. The molecule has 0 aliphatic carbocycles. The Hall–Kier alpha value is -2.47. The van der Waals surface area contributed by atoms with Gasteiger partial charge in [-0.3, -0.25) is 9.36 Å². The molecule has 7 heteroatoms. The number of halogens is 1. The molecule has 0 amide bonds. The average molecular weight is 274 g/mol. The molecule has 0 radical (unpaired) electrons. The second-order valence-corrected chi connectivity index (χ2v) is 4.18. The third-order valence-electron chi connectivity index (χ3n) is 2.56. The number of nitrogens with zero attached hydrogens (tertiary/aromatic N) is 5. The topological polar surface area (TPSA) is 65.6 Å². The van der Waals surface area contributed by atoms with Crippen LogP contribution in [0.15, 0.2) is 54.1 Å². The molecule has 19 heavy (non-hydrogen) atoms. The highest BCUT2D eigenvalue weighted by Crippen LogP contribution is 2.11. The lowest BCUT2D eigenvalue weighted by molar-refractivity contribution is 0.800. The van der Waals surface area contributed by atoms with Crippen molar-refractivity contribution in [1.29, 1.82) is 0 Å². The van der Waals surface area contributed by atoms with Gasteiger partial charge in [0.2, 0.25) is 5.82 Å². The van der Waals surface area contributed by atoms with Gasteiger partial charge in [-0.2, -0.15) is 9.78 Å². The van der Waals surface area contributed by atoms with Crippen molar-refractivity contribution in [2.45, 2.75) is 0 Å². The van der Waals surface area contributed by atoms with Crippen molar-refractivity contribution in [3.8, 4) is 11.5 Å². The monoisotopic (exact) mass is 273 g/mol. The molecule has 0 fully saturated rings. The Bertz CT molecular complexity index is 749. The van der Waals surface area contributed by atoms with E-state index in [0.29, 0.717) is 10.7 Å². The molecule has 0 unspecified atom stereocenters. The van der Waals surface area contributed by atoms with E-state index >= 15 is 0 Å². The van der Waals surface area contributed by atoms with Crippen molar-refractivity contribution >= 4 is 11.6 Å². The minimum Gasteiger partial charge on any atom is -0.280 e. The molecule has 0 aliphatic heterocycles. The fourth-order valence-corrected chi connectivity index (χ4v) is 1.81. The first-order valence-electron chi connectivity index (χ1n) is 5.44. The molecule has 1 aromatic carbocycles. The largest absolute Gasteiger partial charge is 0.300 e. The maximum absolute atomic E-state index is 12.3. The van der Waals surface area contributed by atoms with Crippen LogP contribution in [0.3, 0.4) is 0 Å². The number of rotatable bonds is 2. The van der Waals surface area contributed by atoms with Gasteiger partial charge in [0.15, 0.2) is 0 Å². The van der Waals surface area contributed by atoms with Crippen LogP contribution < -0.4 is 5.56 Å². The Morgan fingerprint density at radius 1 is 1.16 bits per heavy atom. The fourth-order valence-electron chi connectivity index (χ4n) is 1.68. The van der Waals surface area contributed by atoms with Crippen molar-refractivity contribution in [3.05, 3.63) is 64.7 Å². The van der Waals surface area contributed by atoms with Gasteiger partial charge in [0.05, 0.1) is 0 Å². The van der Waals surface area contributed by atoms with Gasteiger partial charge in [0.1, 0.15) is 12.7 Å². The van der Waals surface area contributed by atoms with E-state index in [1.807, 2.05) is 0 Å². The molecular weight excluding hydrogens is 266 g/mol. The van der Waals surface area contributed by atoms with Crippen LogP contribution in [0.1, 0.15) is 0 Å². The number of hydrogen-bond donors (Lipinski definition) is 0. The predicted molar refractivity (Wildman–Crippen MR) is 69.8 cm³/mol. The Morgan fingerprint density at radius 2 is 1.95 bits per heavy atom. The van der Waals surface area contributed by atoms with Gasteiger partial charge in [-0.05, 0) is 24.3 Å². The average Bonchev–Trinajstić information content (AvgIpc) is 2.94. The van der Waals surface area contributed by atoms with Crippen molar-refractivity contribution < 1.29 is 0 Å². The lowest BCUT2D eigenvalue weighted by Crippen LogP contribution is -2.24. The van der Waals surface area contributed by atoms with Gasteiger partial charge in [0, 0.05) is 23.1 Å². The van der Waals surface area contributed by atoms with E-state index in [2.05, 4.69) is 15.1 Å². The van der Waals surface area contributed by atoms with Gasteiger partial charge in [-0.25, -0.2) is 9.97 Å². The predicted octanol–water partition coefficient (Wildman–Crippen LogP) is 1.47. The molecule has 3 rings (SSSR count). The summed E-state index contributed by atoms with van der Waals surface area (Å²) in [4.78, 5) is 20.2. The smallest absolute Gasteiger partial charge is 0.280 e. The Kier molecular flexibility index (Phi) is 2.85. The van der Waals surface area contributed by atoms with E-state index in [-0.39, 0.29) is 11.4 Å². The Morgan fingerprint density at radius 3 is 2.63 bits per heavy atom. The summed E-state index contributed by atoms with van der Waals surface area (Å²) in [5.74, 6) is 0.190. The quantitative estimate of drug-likeness (QED) is 0.709. The minimum absolute atomic E-state index is 0.190. The van der Waals surface area contributed by atoms with E-state index in [1.54, 1.807) is 30.5 Å². The zero-order chi connectivity index (χ0) is 13.2. The molecule has 0 atom stereocenters. The van der Waals surface area contributed by atoms with Crippen LogP contribution in [-0.4, -0.2) is 24.3 Å². The second-order valence-electron chi connectivity index (χ2n) is 3.74. The lowest BCUT2D eigenvalue weighted by atomic mass is 10.3. The third kappa shape index (κ3) is 2.13. The van der Waals surface area contributed by atoms with Gasteiger partial charge < -0.3 is 0 Å². The third-order valence-corrected chi connectivity index (χ3v) is 2.82. The van der Waals surface area contributed by atoms with E-state index in [4.69, 9.17) is 11.6 Å². The normalized spacial score (nSPS) is 10.6. The summed E-state index contributed by atoms with van der Waals surface area (Å²) in [6, 6.07) is 6.96. The van der Waals surface area contributed by atoms with E-state index in [0.717, 1.165) is 0 Å². The molecule has 0 saturated carbocycles. The van der Waals surface area contributed by atoms with E-state index in [9.17, 15) is 4.79 Å². The van der Waals surface area contributed by atoms with Crippen molar-refractivity contribution in [2.75, 3.05) is 0 Å². The fraction of sp³-hybridized carbons (Fsp3) is 0. The summed E-state index contributed by atoms with van der Waals surface area (Å²) < 4.78 is 2.80. The SMILES string of the molecule is O=c1c(-n2cncn2)nccn1-c1ccc(Cl)cc1. The molecule has 94 valence electrons. The number of hydrogen-bond acceptors (Lipinski definition) is 4. The molecule has 0 spiro atoms. The standard InChI is InChI=1S/C12H8ClN5O/c13-9-1-3-10(4-2-9)17-6-5-15-11(12(17)19)18-8-14-7-16-18/h1-8H. The minimum atomic E-state index is -0.282. The summed E-state index contributed by atoms with van der Waals surface area (Å²) in [7, 11) is 0. The van der Waals surface area contributed by atoms with Crippen molar-refractivity contribution in [3.63, 3.8) is 0 Å². The highest BCUT2D eigenvalue weighted by atomic mass is 35.5. The van der Waals surface area contributed by atoms with Crippen molar-refractivity contribution in [1.82, 2.24) is 24.3 Å². The molecule has 0 saturated heterocycles. The summed E-state index contributed by atoms with van der Waals surface area (Å²) in [6.45, 7) is 0. The van der Waals surface area contributed by atoms with Crippen LogP contribution >= 0.6 is 11.6 Å². The van der Waals surface area contributed by atoms with E-state index in [1.165, 1.54) is 28.1 Å². The lowest BCUT2D eigenvalue weighted by Gasteiger charge is -2.07. The summed E-state index contributed by atoms with van der Waals surface area (Å²) >= 11 is 5.83. The van der Waals surface area contributed by atoms with Gasteiger partial charge in [-0.1, -0.05) is 11.6 Å². The van der Waals surface area contributed by atoms with Crippen LogP contribution in [-0.2, 0) is 0 Å². The molecule has 0 aliphatic rings. The molecule has 2 aromatic heterocycles. The first-order valence-corrected chi connectivity index (χ1v) is 5.82. The van der Waals surface area contributed by atoms with Gasteiger partial charge in [0.25, 0.3) is 5.56 Å². The zero-order valence-corrected chi connectivity index (χ0v) is 10.4. The highest BCUT2D eigenvalue weighted by Gasteiger charge is 2.08. The molecule has 2 heterocycles. The summed E-state index contributed by atoms with van der Waals surface area (Å²) in [6.07, 6.45) is 5.90. The Labute approximate surface area is 112 Å². The van der Waals surface area contributed by atoms with Gasteiger partial charge in [-0.15, -0.1) is 0 Å². The Balaban J connectivity index is 2.16. The van der Waals surface area contributed by atoms with Crippen LogP contribution in [0.4, 0.5) is 0 Å². The first kappa shape index (κ1) is 11.6. The molecule has 0 N–H and O–H groups in total. The van der Waals surface area contributed by atoms with Crippen molar-refractivity contribution in [2.24, 2.45) is 0 Å². The maximum Gasteiger partial charge on any atom is 0.300 e. The second kappa shape index (κ2) is 4.66. The number of aromatic nitrogens is 5. The van der Waals surface area contributed by atoms with E-state index < -0.39 is 0 Å². The highest BCUT2D eigenvalue weighted by molar-refractivity contribution is 6.30. The van der Waals surface area contributed by atoms with Crippen LogP contribution in [0, 0.1) is 0 Å². The zero-order valence-electron chi connectivity index (χ0n) is 9.64. The van der Waals surface area contributed by atoms with Gasteiger partial charge >= 0.3 is 0 Å². The maximum atomic E-state index is 12.3. The molecule has 6 nitrogen and oxygen atoms in total. The molecule has 3 aromatic rings. The summed E-state index contributed by atoms with van der Waals surface area (Å²) in [5, 5.41) is 4.52.